The highest BCUT2D eigenvalue weighted by Gasteiger charge is 2.35. The summed E-state index contributed by atoms with van der Waals surface area (Å²) in [7, 11) is 1.55. The first-order chi connectivity index (χ1) is 8.99. The number of alkyl halides is 3. The van der Waals surface area contributed by atoms with Crippen molar-refractivity contribution in [3.05, 3.63) is 11.9 Å². The summed E-state index contributed by atoms with van der Waals surface area (Å²) >= 11 is 1.43. The first kappa shape index (κ1) is 14.4. The zero-order valence-electron chi connectivity index (χ0n) is 10.6. The predicted octanol–water partition coefficient (Wildman–Crippen LogP) is 3.96. The molecule has 2 rings (SSSR count). The van der Waals surface area contributed by atoms with Gasteiger partial charge in [-0.15, -0.1) is 11.8 Å². The second kappa shape index (κ2) is 5.98. The Hall–Kier alpha value is -0.980. The lowest BCUT2D eigenvalue weighted by Gasteiger charge is -2.20. The molecule has 0 aromatic carbocycles. The highest BCUT2D eigenvalue weighted by Crippen LogP contribution is 2.35. The quantitative estimate of drug-likeness (QED) is 0.855. The number of anilines is 1. The van der Waals surface area contributed by atoms with Gasteiger partial charge < -0.3 is 5.32 Å². The third-order valence-electron chi connectivity index (χ3n) is 3.05. The van der Waals surface area contributed by atoms with Crippen molar-refractivity contribution in [2.24, 2.45) is 0 Å². The predicted molar refractivity (Wildman–Crippen MR) is 69.3 cm³/mol. The van der Waals surface area contributed by atoms with Gasteiger partial charge in [-0.25, -0.2) is 9.97 Å². The Bertz CT molecular complexity index is 431. The molecule has 19 heavy (non-hydrogen) atoms. The van der Waals surface area contributed by atoms with Gasteiger partial charge in [0.2, 0.25) is 5.82 Å². The van der Waals surface area contributed by atoms with Crippen LogP contribution < -0.4 is 5.32 Å². The summed E-state index contributed by atoms with van der Waals surface area (Å²) < 4.78 is 38.1. The molecule has 0 atom stereocenters. The van der Waals surface area contributed by atoms with E-state index in [4.69, 9.17) is 0 Å². The van der Waals surface area contributed by atoms with Crippen LogP contribution in [0.15, 0.2) is 11.1 Å². The lowest BCUT2D eigenvalue weighted by atomic mass is 10.0. The minimum absolute atomic E-state index is 0.209. The highest BCUT2D eigenvalue weighted by molar-refractivity contribution is 7.99. The Kier molecular flexibility index (Phi) is 4.54. The van der Waals surface area contributed by atoms with Crippen molar-refractivity contribution in [1.82, 2.24) is 9.97 Å². The van der Waals surface area contributed by atoms with Crippen LogP contribution in [-0.4, -0.2) is 22.3 Å². The molecule has 1 heterocycles. The maximum absolute atomic E-state index is 12.7. The Morgan fingerprint density at radius 2 is 1.89 bits per heavy atom. The van der Waals surface area contributed by atoms with E-state index in [2.05, 4.69) is 15.3 Å². The normalized spacial score (nSPS) is 17.5. The highest BCUT2D eigenvalue weighted by atomic mass is 32.2. The molecule has 0 bridgehead atoms. The summed E-state index contributed by atoms with van der Waals surface area (Å²) in [5.74, 6) is -0.863. The van der Waals surface area contributed by atoms with Gasteiger partial charge in [-0.05, 0) is 12.8 Å². The molecule has 0 radical (unpaired) electrons. The average Bonchev–Trinajstić information content (AvgIpc) is 2.38. The summed E-state index contributed by atoms with van der Waals surface area (Å²) in [4.78, 5) is 7.09. The van der Waals surface area contributed by atoms with Crippen molar-refractivity contribution in [1.29, 1.82) is 0 Å². The van der Waals surface area contributed by atoms with Gasteiger partial charge in [0.05, 0.1) is 0 Å². The van der Waals surface area contributed by atoms with Crippen LogP contribution in [0, 0.1) is 0 Å². The Morgan fingerprint density at radius 1 is 1.21 bits per heavy atom. The topological polar surface area (TPSA) is 37.8 Å². The molecule has 3 nitrogen and oxygen atoms in total. The fourth-order valence-electron chi connectivity index (χ4n) is 2.09. The largest absolute Gasteiger partial charge is 0.451 e. The van der Waals surface area contributed by atoms with E-state index < -0.39 is 12.0 Å². The third-order valence-corrected chi connectivity index (χ3v) is 4.31. The third kappa shape index (κ3) is 3.99. The van der Waals surface area contributed by atoms with E-state index in [1.165, 1.54) is 18.2 Å². The molecule has 1 fully saturated rings. The van der Waals surface area contributed by atoms with E-state index in [0.29, 0.717) is 10.3 Å². The SMILES string of the molecule is CNc1cc(SC2CCCCC2)nc(C(F)(F)F)n1. The van der Waals surface area contributed by atoms with Crippen LogP contribution in [0.25, 0.3) is 0 Å². The van der Waals surface area contributed by atoms with Crippen molar-refractivity contribution in [3.8, 4) is 0 Å². The van der Waals surface area contributed by atoms with E-state index >= 15 is 0 Å². The lowest BCUT2D eigenvalue weighted by molar-refractivity contribution is -0.145. The van der Waals surface area contributed by atoms with Crippen molar-refractivity contribution in [2.75, 3.05) is 12.4 Å². The number of thioether (sulfide) groups is 1. The first-order valence-corrected chi connectivity index (χ1v) is 7.17. The van der Waals surface area contributed by atoms with E-state index in [1.54, 1.807) is 13.1 Å². The minimum Gasteiger partial charge on any atom is -0.373 e. The molecule has 1 saturated carbocycles. The molecule has 1 N–H and O–H groups in total. The van der Waals surface area contributed by atoms with Crippen LogP contribution in [0.2, 0.25) is 0 Å². The average molecular weight is 291 g/mol. The second-order valence-corrected chi connectivity index (χ2v) is 5.86. The number of nitrogens with one attached hydrogen (secondary N) is 1. The summed E-state index contributed by atoms with van der Waals surface area (Å²) in [6.45, 7) is 0. The molecule has 106 valence electrons. The summed E-state index contributed by atoms with van der Waals surface area (Å²) in [5.41, 5.74) is 0. The smallest absolute Gasteiger partial charge is 0.373 e. The standard InChI is InChI=1S/C12H16F3N3S/c1-16-9-7-10(18-11(17-9)12(13,14)15)19-8-5-3-2-4-6-8/h7-8H,2-6H2,1H3,(H,16,17,18). The van der Waals surface area contributed by atoms with Crippen molar-refractivity contribution < 1.29 is 13.2 Å². The molecular formula is C12H16F3N3S. The van der Waals surface area contributed by atoms with Crippen LogP contribution in [0.1, 0.15) is 37.9 Å². The Morgan fingerprint density at radius 3 is 2.47 bits per heavy atom. The van der Waals surface area contributed by atoms with Gasteiger partial charge in [-0.1, -0.05) is 19.3 Å². The lowest BCUT2D eigenvalue weighted by Crippen LogP contribution is -2.14. The number of aromatic nitrogens is 2. The van der Waals surface area contributed by atoms with E-state index in [0.717, 1.165) is 25.7 Å². The molecular weight excluding hydrogens is 275 g/mol. The molecule has 0 spiro atoms. The first-order valence-electron chi connectivity index (χ1n) is 6.30. The van der Waals surface area contributed by atoms with Gasteiger partial charge in [-0.3, -0.25) is 0 Å². The Labute approximate surface area is 114 Å². The molecule has 0 amide bonds. The second-order valence-electron chi connectivity index (χ2n) is 4.54. The molecule has 1 aliphatic rings. The van der Waals surface area contributed by atoms with Crippen LogP contribution in [-0.2, 0) is 6.18 Å². The maximum Gasteiger partial charge on any atom is 0.451 e. The molecule has 0 aliphatic heterocycles. The van der Waals surface area contributed by atoms with Crippen LogP contribution in [0.3, 0.4) is 0 Å². The van der Waals surface area contributed by atoms with Crippen LogP contribution in [0.5, 0.6) is 0 Å². The zero-order chi connectivity index (χ0) is 13.9. The zero-order valence-corrected chi connectivity index (χ0v) is 11.4. The van der Waals surface area contributed by atoms with Crippen LogP contribution >= 0.6 is 11.8 Å². The molecule has 7 heteroatoms. The number of rotatable bonds is 3. The molecule has 0 saturated heterocycles. The van der Waals surface area contributed by atoms with Crippen molar-refractivity contribution >= 4 is 17.6 Å². The fraction of sp³-hybridized carbons (Fsp3) is 0.667. The summed E-state index contributed by atoms with van der Waals surface area (Å²) in [6, 6.07) is 1.58. The maximum atomic E-state index is 12.7. The van der Waals surface area contributed by atoms with Crippen molar-refractivity contribution in [2.45, 2.75) is 48.6 Å². The summed E-state index contributed by atoms with van der Waals surface area (Å²) in [6.07, 6.45) is 1.10. The van der Waals surface area contributed by atoms with Crippen LogP contribution in [0.4, 0.5) is 19.0 Å². The number of hydrogen-bond acceptors (Lipinski definition) is 4. The molecule has 1 aromatic heterocycles. The van der Waals surface area contributed by atoms with Gasteiger partial charge in [0, 0.05) is 18.4 Å². The van der Waals surface area contributed by atoms with Gasteiger partial charge >= 0.3 is 6.18 Å². The molecule has 0 unspecified atom stereocenters. The van der Waals surface area contributed by atoms with Crippen molar-refractivity contribution in [3.63, 3.8) is 0 Å². The minimum atomic E-state index is -4.51. The van der Waals surface area contributed by atoms with E-state index in [-0.39, 0.29) is 5.82 Å². The Balaban J connectivity index is 2.19. The van der Waals surface area contributed by atoms with Gasteiger partial charge in [-0.2, -0.15) is 13.2 Å². The molecule has 1 aromatic rings. The number of halogens is 3. The van der Waals surface area contributed by atoms with Gasteiger partial charge in [0.25, 0.3) is 0 Å². The van der Waals surface area contributed by atoms with E-state index in [9.17, 15) is 13.2 Å². The molecule has 1 aliphatic carbocycles. The number of nitrogens with zero attached hydrogens (tertiary/aromatic N) is 2. The monoisotopic (exact) mass is 291 g/mol. The van der Waals surface area contributed by atoms with Gasteiger partial charge in [0.15, 0.2) is 0 Å². The number of hydrogen-bond donors (Lipinski definition) is 1. The fourth-order valence-corrected chi connectivity index (χ4v) is 3.32. The van der Waals surface area contributed by atoms with Gasteiger partial charge in [0.1, 0.15) is 10.8 Å². The summed E-state index contributed by atoms with van der Waals surface area (Å²) in [5, 5.41) is 3.42. The van der Waals surface area contributed by atoms with E-state index in [1.807, 2.05) is 0 Å².